The molecule has 0 saturated heterocycles. The van der Waals surface area contributed by atoms with Crippen molar-refractivity contribution in [2.75, 3.05) is 0 Å². The smallest absolute Gasteiger partial charge is 0.261 e. The summed E-state index contributed by atoms with van der Waals surface area (Å²) in [6.07, 6.45) is 6.33. The van der Waals surface area contributed by atoms with Gasteiger partial charge in [-0.15, -0.1) is 0 Å². The van der Waals surface area contributed by atoms with Gasteiger partial charge >= 0.3 is 6.18 Å². The van der Waals surface area contributed by atoms with E-state index >= 15 is 0 Å². The number of aromatic nitrogens is 4. The maximum atomic E-state index is 12.8. The van der Waals surface area contributed by atoms with Crippen molar-refractivity contribution < 1.29 is 13.2 Å². The van der Waals surface area contributed by atoms with Crippen LogP contribution in [0.3, 0.4) is 0 Å². The summed E-state index contributed by atoms with van der Waals surface area (Å²) in [5.74, 6) is 0. The molecule has 29 heavy (non-hydrogen) atoms. The van der Waals surface area contributed by atoms with Crippen LogP contribution in [0.1, 0.15) is 35.5 Å². The van der Waals surface area contributed by atoms with Gasteiger partial charge in [-0.3, -0.25) is 9.98 Å². The van der Waals surface area contributed by atoms with E-state index in [1.165, 1.54) is 12.3 Å². The summed E-state index contributed by atoms with van der Waals surface area (Å²) in [4.78, 5) is 12.6. The molecule has 5 nitrogen and oxygen atoms in total. The van der Waals surface area contributed by atoms with Crippen LogP contribution in [0.5, 0.6) is 0 Å². The van der Waals surface area contributed by atoms with Gasteiger partial charge in [-0.1, -0.05) is 18.2 Å². The number of rotatable bonds is 3. The highest BCUT2D eigenvalue weighted by molar-refractivity contribution is 6.24. The third-order valence-corrected chi connectivity index (χ3v) is 4.58. The van der Waals surface area contributed by atoms with Crippen LogP contribution in [-0.4, -0.2) is 25.3 Å². The number of halogens is 3. The van der Waals surface area contributed by atoms with Gasteiger partial charge in [0.25, 0.3) is 0 Å². The first-order valence-corrected chi connectivity index (χ1v) is 9.18. The Kier molecular flexibility index (Phi) is 5.00. The predicted molar refractivity (Wildman–Crippen MR) is 104 cm³/mol. The van der Waals surface area contributed by atoms with Crippen molar-refractivity contribution in [1.82, 2.24) is 19.6 Å². The molecule has 4 rings (SSSR count). The van der Waals surface area contributed by atoms with Gasteiger partial charge in [0.05, 0.1) is 17.6 Å². The Morgan fingerprint density at radius 2 is 2.00 bits per heavy atom. The molecular formula is C21H18F3N5. The number of alkyl halides is 3. The number of aliphatic imine (C=N–C) groups is 1. The number of fused-ring (bicyclic) bond motifs is 1. The largest absolute Gasteiger partial charge is 0.433 e. The average Bonchev–Trinajstić information content (AvgIpc) is 3.12. The van der Waals surface area contributed by atoms with E-state index in [1.54, 1.807) is 16.9 Å². The molecule has 3 aromatic heterocycles. The number of hydrogen-bond acceptors (Lipinski definition) is 4. The zero-order valence-corrected chi connectivity index (χ0v) is 15.7. The number of hydrogen-bond donors (Lipinski definition) is 0. The number of allylic oxidation sites excluding steroid dienone is 3. The second-order valence-electron chi connectivity index (χ2n) is 6.77. The minimum atomic E-state index is -4.45. The summed E-state index contributed by atoms with van der Waals surface area (Å²) in [7, 11) is 0. The molecule has 0 saturated carbocycles. The minimum absolute atomic E-state index is 0.353. The highest BCUT2D eigenvalue weighted by Gasteiger charge is 2.32. The van der Waals surface area contributed by atoms with Gasteiger partial charge in [-0.2, -0.15) is 18.3 Å². The fourth-order valence-electron chi connectivity index (χ4n) is 3.24. The zero-order valence-electron chi connectivity index (χ0n) is 15.7. The molecule has 0 spiro atoms. The van der Waals surface area contributed by atoms with E-state index in [0.29, 0.717) is 12.0 Å². The first-order chi connectivity index (χ1) is 13.9. The third-order valence-electron chi connectivity index (χ3n) is 4.58. The number of pyridine rings is 1. The summed E-state index contributed by atoms with van der Waals surface area (Å²) >= 11 is 0. The summed E-state index contributed by atoms with van der Waals surface area (Å²) in [6.45, 7) is 1.91. The van der Waals surface area contributed by atoms with E-state index in [1.807, 2.05) is 25.1 Å². The molecule has 1 aliphatic heterocycles. The molecule has 3 aromatic rings. The molecule has 4 heterocycles. The molecule has 0 atom stereocenters. The number of nitrogens with zero attached hydrogens (tertiary/aromatic N) is 5. The molecule has 0 N–H and O–H groups in total. The fraction of sp³-hybridized carbons (Fsp3) is 0.238. The first kappa shape index (κ1) is 19.0. The molecule has 0 aliphatic carbocycles. The molecule has 8 heteroatoms. The molecule has 148 valence electrons. The van der Waals surface area contributed by atoms with Crippen molar-refractivity contribution in [3.63, 3.8) is 0 Å². The maximum absolute atomic E-state index is 12.8. The van der Waals surface area contributed by atoms with Gasteiger partial charge in [0.15, 0.2) is 5.65 Å². The van der Waals surface area contributed by atoms with Gasteiger partial charge in [-0.05, 0) is 37.5 Å². The Labute approximate surface area is 165 Å². The van der Waals surface area contributed by atoms with Crippen LogP contribution < -0.4 is 0 Å². The lowest BCUT2D eigenvalue weighted by Crippen LogP contribution is -2.13. The van der Waals surface area contributed by atoms with E-state index in [4.69, 9.17) is 0 Å². The van der Waals surface area contributed by atoms with Crippen molar-refractivity contribution in [2.24, 2.45) is 4.99 Å². The lowest BCUT2D eigenvalue weighted by Gasteiger charge is -2.15. The summed E-state index contributed by atoms with van der Waals surface area (Å²) in [6, 6.07) is 6.22. The molecule has 0 aromatic carbocycles. The van der Waals surface area contributed by atoms with E-state index < -0.39 is 11.9 Å². The minimum Gasteiger partial charge on any atom is -0.261 e. The van der Waals surface area contributed by atoms with Crippen LogP contribution in [0.25, 0.3) is 11.2 Å². The summed E-state index contributed by atoms with van der Waals surface area (Å²) in [5, 5.41) is 4.37. The second kappa shape index (κ2) is 7.62. The van der Waals surface area contributed by atoms with Crippen molar-refractivity contribution >= 4 is 16.9 Å². The van der Waals surface area contributed by atoms with Crippen molar-refractivity contribution in [2.45, 2.75) is 32.4 Å². The van der Waals surface area contributed by atoms with Crippen LogP contribution >= 0.6 is 0 Å². The normalized spacial score (nSPS) is 19.7. The van der Waals surface area contributed by atoms with Crippen LogP contribution in [0.15, 0.2) is 60.0 Å². The molecule has 0 radical (unpaired) electrons. The monoisotopic (exact) mass is 397 g/mol. The van der Waals surface area contributed by atoms with Crippen molar-refractivity contribution in [3.05, 3.63) is 77.7 Å². The molecule has 0 unspecified atom stereocenters. The van der Waals surface area contributed by atoms with Gasteiger partial charge in [0.2, 0.25) is 0 Å². The SMILES string of the molecule is Cc1cc(C2=C/CC/C=C/N=C\2Cc2ccc(C(F)(F)F)nc2)n2nccc2n1. The van der Waals surface area contributed by atoms with E-state index in [9.17, 15) is 13.2 Å². The van der Waals surface area contributed by atoms with Crippen LogP contribution in [0, 0.1) is 6.92 Å². The topological polar surface area (TPSA) is 55.4 Å². The molecule has 0 bridgehead atoms. The van der Waals surface area contributed by atoms with Crippen molar-refractivity contribution in [3.8, 4) is 0 Å². The van der Waals surface area contributed by atoms with Crippen LogP contribution in [0.2, 0.25) is 0 Å². The van der Waals surface area contributed by atoms with Gasteiger partial charge in [-0.25, -0.2) is 9.50 Å². The summed E-state index contributed by atoms with van der Waals surface area (Å²) in [5.41, 5.74) is 3.82. The summed E-state index contributed by atoms with van der Waals surface area (Å²) < 4.78 is 40.1. The lowest BCUT2D eigenvalue weighted by molar-refractivity contribution is -0.141. The highest BCUT2D eigenvalue weighted by Crippen LogP contribution is 2.28. The Bertz CT molecular complexity index is 1120. The second-order valence-corrected chi connectivity index (χ2v) is 6.77. The first-order valence-electron chi connectivity index (χ1n) is 9.18. The highest BCUT2D eigenvalue weighted by atomic mass is 19.4. The Balaban J connectivity index is 1.74. The quantitative estimate of drug-likeness (QED) is 0.636. The molecule has 0 fully saturated rings. The Hall–Kier alpha value is -3.29. The average molecular weight is 397 g/mol. The molecule has 0 amide bonds. The molecule has 1 aliphatic rings. The predicted octanol–water partition coefficient (Wildman–Crippen LogP) is 4.83. The standard InChI is InChI=1S/C21H18F3N5/c1-14-11-18(29-20(28-14)8-10-27-29)16-5-3-2-4-9-25-17(16)12-15-6-7-19(26-13-15)21(22,23)24/h4-11,13H,2-3,12H2,1H3/b9-4+,16-5+,25-17-. The number of aryl methyl sites for hydroxylation is 1. The fourth-order valence-corrected chi connectivity index (χ4v) is 3.24. The van der Waals surface area contributed by atoms with Gasteiger partial charge in [0, 0.05) is 36.2 Å². The van der Waals surface area contributed by atoms with Gasteiger partial charge < -0.3 is 0 Å². The van der Waals surface area contributed by atoms with E-state index in [-0.39, 0.29) is 0 Å². The van der Waals surface area contributed by atoms with E-state index in [2.05, 4.69) is 26.1 Å². The van der Waals surface area contributed by atoms with Crippen molar-refractivity contribution in [1.29, 1.82) is 0 Å². The lowest BCUT2D eigenvalue weighted by atomic mass is 9.97. The maximum Gasteiger partial charge on any atom is 0.433 e. The zero-order chi connectivity index (χ0) is 20.4. The molecular weight excluding hydrogens is 379 g/mol. The third kappa shape index (κ3) is 4.11. The Morgan fingerprint density at radius 1 is 1.14 bits per heavy atom. The van der Waals surface area contributed by atoms with E-state index in [0.717, 1.165) is 47.2 Å². The van der Waals surface area contributed by atoms with Crippen LogP contribution in [0.4, 0.5) is 13.2 Å². The van der Waals surface area contributed by atoms with Gasteiger partial charge in [0.1, 0.15) is 5.69 Å². The Morgan fingerprint density at radius 3 is 2.76 bits per heavy atom. The van der Waals surface area contributed by atoms with Crippen LogP contribution in [-0.2, 0) is 12.6 Å².